The summed E-state index contributed by atoms with van der Waals surface area (Å²) in [5, 5.41) is 14.5. The van der Waals surface area contributed by atoms with Gasteiger partial charge in [0.05, 0.1) is 18.2 Å². The highest BCUT2D eigenvalue weighted by atomic mass is 79.9. The maximum atomic E-state index is 11.4. The van der Waals surface area contributed by atoms with Crippen LogP contribution < -0.4 is 10.6 Å². The molecule has 0 heterocycles. The lowest BCUT2D eigenvalue weighted by Crippen LogP contribution is -2.30. The van der Waals surface area contributed by atoms with E-state index in [0.29, 0.717) is 12.1 Å². The van der Waals surface area contributed by atoms with Gasteiger partial charge in [-0.05, 0) is 40.5 Å². The molecule has 1 rings (SSSR count). The Morgan fingerprint density at radius 1 is 1.53 bits per heavy atom. The van der Waals surface area contributed by atoms with E-state index in [9.17, 15) is 4.79 Å². The summed E-state index contributed by atoms with van der Waals surface area (Å²) in [7, 11) is 0. The summed E-state index contributed by atoms with van der Waals surface area (Å²) in [6.07, 6.45) is 0.923. The Morgan fingerprint density at radius 2 is 2.29 bits per heavy atom. The summed E-state index contributed by atoms with van der Waals surface area (Å²) in [4.78, 5) is 11.4. The quantitative estimate of drug-likeness (QED) is 0.876. The fourth-order valence-corrected chi connectivity index (χ4v) is 1.75. The van der Waals surface area contributed by atoms with Crippen LogP contribution in [0.1, 0.15) is 18.9 Å². The maximum Gasteiger partial charge on any atom is 0.239 e. The van der Waals surface area contributed by atoms with E-state index in [4.69, 9.17) is 5.26 Å². The number of anilines is 1. The smallest absolute Gasteiger partial charge is 0.239 e. The normalized spacial score (nSPS) is 9.47. The molecule has 0 aromatic heterocycles. The van der Waals surface area contributed by atoms with E-state index in [1.54, 1.807) is 18.2 Å². The van der Waals surface area contributed by atoms with Crippen LogP contribution in [0.2, 0.25) is 0 Å². The molecule has 0 saturated carbocycles. The molecule has 1 amide bonds. The molecule has 0 spiro atoms. The van der Waals surface area contributed by atoms with Crippen molar-refractivity contribution in [2.75, 3.05) is 18.4 Å². The molecular weight excluding hydrogens is 282 g/mol. The van der Waals surface area contributed by atoms with Gasteiger partial charge >= 0.3 is 0 Å². The van der Waals surface area contributed by atoms with Gasteiger partial charge in [-0.1, -0.05) is 6.92 Å². The molecule has 17 heavy (non-hydrogen) atoms. The molecule has 1 aromatic rings. The van der Waals surface area contributed by atoms with Gasteiger partial charge in [-0.15, -0.1) is 0 Å². The first-order valence-corrected chi connectivity index (χ1v) is 6.17. The third kappa shape index (κ3) is 4.45. The lowest BCUT2D eigenvalue weighted by atomic mass is 10.2. The number of nitrogens with one attached hydrogen (secondary N) is 2. The highest BCUT2D eigenvalue weighted by Gasteiger charge is 2.03. The molecule has 4 nitrogen and oxygen atoms in total. The number of benzene rings is 1. The number of hydrogen-bond acceptors (Lipinski definition) is 3. The van der Waals surface area contributed by atoms with E-state index in [1.807, 2.05) is 6.92 Å². The van der Waals surface area contributed by atoms with Crippen LogP contribution in [-0.4, -0.2) is 19.0 Å². The van der Waals surface area contributed by atoms with Gasteiger partial charge in [0.2, 0.25) is 5.91 Å². The first kappa shape index (κ1) is 13.5. The predicted molar refractivity (Wildman–Crippen MR) is 70.6 cm³/mol. The lowest BCUT2D eigenvalue weighted by Gasteiger charge is -2.08. The Bertz CT molecular complexity index is 440. The molecule has 90 valence electrons. The zero-order valence-corrected chi connectivity index (χ0v) is 11.2. The maximum absolute atomic E-state index is 11.4. The zero-order valence-electron chi connectivity index (χ0n) is 9.59. The van der Waals surface area contributed by atoms with Gasteiger partial charge in [0.15, 0.2) is 0 Å². The van der Waals surface area contributed by atoms with Crippen LogP contribution in [0.25, 0.3) is 0 Å². The summed E-state index contributed by atoms with van der Waals surface area (Å²) in [6.45, 7) is 2.92. The molecule has 0 atom stereocenters. The molecule has 0 aliphatic heterocycles. The van der Waals surface area contributed by atoms with Crippen molar-refractivity contribution in [1.82, 2.24) is 5.32 Å². The Kier molecular flexibility index (Phi) is 5.50. The lowest BCUT2D eigenvalue weighted by molar-refractivity contribution is -0.119. The molecule has 0 radical (unpaired) electrons. The van der Waals surface area contributed by atoms with Gasteiger partial charge in [-0.25, -0.2) is 0 Å². The van der Waals surface area contributed by atoms with Crippen LogP contribution in [0.5, 0.6) is 0 Å². The molecular formula is C12H14BrN3O. The van der Waals surface area contributed by atoms with Gasteiger partial charge in [0.1, 0.15) is 0 Å². The Labute approximate surface area is 109 Å². The molecule has 0 aliphatic rings. The SMILES string of the molecule is CCCNC(=O)CNc1ccc(C#N)cc1Br. The second-order valence-corrected chi connectivity index (χ2v) is 4.36. The number of carbonyl (C=O) groups excluding carboxylic acids is 1. The molecule has 0 aliphatic carbocycles. The van der Waals surface area contributed by atoms with Gasteiger partial charge in [-0.3, -0.25) is 4.79 Å². The summed E-state index contributed by atoms with van der Waals surface area (Å²) in [5.74, 6) is -0.0388. The second kappa shape index (κ2) is 6.92. The molecule has 1 aromatic carbocycles. The largest absolute Gasteiger partial charge is 0.375 e. The zero-order chi connectivity index (χ0) is 12.7. The molecule has 5 heteroatoms. The first-order chi connectivity index (χ1) is 8.17. The van der Waals surface area contributed by atoms with Crippen molar-refractivity contribution in [3.05, 3.63) is 28.2 Å². The number of halogens is 1. The van der Waals surface area contributed by atoms with E-state index >= 15 is 0 Å². The van der Waals surface area contributed by atoms with Crippen LogP contribution in [0.4, 0.5) is 5.69 Å². The fraction of sp³-hybridized carbons (Fsp3) is 0.333. The van der Waals surface area contributed by atoms with Crippen LogP contribution in [-0.2, 0) is 4.79 Å². The third-order valence-electron chi connectivity index (χ3n) is 2.11. The summed E-state index contributed by atoms with van der Waals surface area (Å²) >= 11 is 3.35. The van der Waals surface area contributed by atoms with E-state index in [-0.39, 0.29) is 12.5 Å². The molecule has 0 unspecified atom stereocenters. The monoisotopic (exact) mass is 295 g/mol. The summed E-state index contributed by atoms with van der Waals surface area (Å²) in [6, 6.07) is 7.24. The van der Waals surface area contributed by atoms with Crippen molar-refractivity contribution in [1.29, 1.82) is 5.26 Å². The topological polar surface area (TPSA) is 64.9 Å². The number of nitrogens with zero attached hydrogens (tertiary/aromatic N) is 1. The fourth-order valence-electron chi connectivity index (χ4n) is 1.23. The van der Waals surface area contributed by atoms with E-state index < -0.39 is 0 Å². The molecule has 2 N–H and O–H groups in total. The molecule has 0 fully saturated rings. The van der Waals surface area contributed by atoms with Crippen molar-refractivity contribution in [3.63, 3.8) is 0 Å². The van der Waals surface area contributed by atoms with Gasteiger partial charge in [-0.2, -0.15) is 5.26 Å². The number of carbonyl (C=O) groups is 1. The van der Waals surface area contributed by atoms with E-state index in [2.05, 4.69) is 32.6 Å². The highest BCUT2D eigenvalue weighted by molar-refractivity contribution is 9.10. The second-order valence-electron chi connectivity index (χ2n) is 3.51. The van der Waals surface area contributed by atoms with Crippen molar-refractivity contribution in [2.24, 2.45) is 0 Å². The molecule has 0 saturated heterocycles. The number of amides is 1. The third-order valence-corrected chi connectivity index (χ3v) is 2.77. The average molecular weight is 296 g/mol. The van der Waals surface area contributed by atoms with Crippen molar-refractivity contribution in [3.8, 4) is 6.07 Å². The van der Waals surface area contributed by atoms with Gasteiger partial charge in [0.25, 0.3) is 0 Å². The number of nitriles is 1. The van der Waals surface area contributed by atoms with Crippen LogP contribution >= 0.6 is 15.9 Å². The highest BCUT2D eigenvalue weighted by Crippen LogP contribution is 2.22. The van der Waals surface area contributed by atoms with Gasteiger partial charge in [0, 0.05) is 16.7 Å². The van der Waals surface area contributed by atoms with Gasteiger partial charge < -0.3 is 10.6 Å². The Hall–Kier alpha value is -1.54. The standard InChI is InChI=1S/C12H14BrN3O/c1-2-5-15-12(17)8-16-11-4-3-9(7-14)6-10(11)13/h3-4,6,16H,2,5,8H2,1H3,(H,15,17). The molecule has 0 bridgehead atoms. The van der Waals surface area contributed by atoms with E-state index in [0.717, 1.165) is 16.6 Å². The van der Waals surface area contributed by atoms with Crippen molar-refractivity contribution in [2.45, 2.75) is 13.3 Å². The van der Waals surface area contributed by atoms with Crippen LogP contribution in [0, 0.1) is 11.3 Å². The van der Waals surface area contributed by atoms with Crippen molar-refractivity contribution < 1.29 is 4.79 Å². The summed E-state index contributed by atoms with van der Waals surface area (Å²) < 4.78 is 0.778. The first-order valence-electron chi connectivity index (χ1n) is 5.37. The number of hydrogen-bond donors (Lipinski definition) is 2. The predicted octanol–water partition coefficient (Wildman–Crippen LogP) is 2.26. The minimum absolute atomic E-state index is 0.0388. The number of rotatable bonds is 5. The average Bonchev–Trinajstić information content (AvgIpc) is 2.34. The van der Waals surface area contributed by atoms with E-state index in [1.165, 1.54) is 0 Å². The van der Waals surface area contributed by atoms with Crippen LogP contribution in [0.15, 0.2) is 22.7 Å². The van der Waals surface area contributed by atoms with Crippen molar-refractivity contribution >= 4 is 27.5 Å². The Morgan fingerprint density at radius 3 is 2.88 bits per heavy atom. The minimum Gasteiger partial charge on any atom is -0.375 e. The van der Waals surface area contributed by atoms with Crippen LogP contribution in [0.3, 0.4) is 0 Å². The summed E-state index contributed by atoms with van der Waals surface area (Å²) in [5.41, 5.74) is 1.38. The Balaban J connectivity index is 2.52. The minimum atomic E-state index is -0.0388.